The maximum atomic E-state index is 12.7. The zero-order valence-corrected chi connectivity index (χ0v) is 21.0. The van der Waals surface area contributed by atoms with Crippen LogP contribution in [0.4, 0.5) is 5.95 Å². The van der Waals surface area contributed by atoms with E-state index in [0.717, 1.165) is 77.2 Å². The fourth-order valence-corrected chi connectivity index (χ4v) is 5.86. The molecule has 7 nitrogen and oxygen atoms in total. The number of hydrogen-bond acceptors (Lipinski definition) is 7. The summed E-state index contributed by atoms with van der Waals surface area (Å²) in [5, 5.41) is 11.0. The van der Waals surface area contributed by atoms with E-state index in [1.54, 1.807) is 11.3 Å². The highest BCUT2D eigenvalue weighted by Gasteiger charge is 2.25. The van der Waals surface area contributed by atoms with Gasteiger partial charge in [0.25, 0.3) is 5.91 Å². The van der Waals surface area contributed by atoms with Crippen molar-refractivity contribution in [2.75, 3.05) is 31.5 Å². The van der Waals surface area contributed by atoms with Crippen LogP contribution in [0.5, 0.6) is 0 Å². The van der Waals surface area contributed by atoms with E-state index in [2.05, 4.69) is 51.8 Å². The Labute approximate surface area is 205 Å². The third-order valence-corrected chi connectivity index (χ3v) is 7.92. The predicted molar refractivity (Wildman–Crippen MR) is 140 cm³/mol. The van der Waals surface area contributed by atoms with Crippen LogP contribution in [0.15, 0.2) is 30.5 Å². The fourth-order valence-electron chi connectivity index (χ4n) is 4.72. The normalized spacial score (nSPS) is 21.0. The van der Waals surface area contributed by atoms with Gasteiger partial charge in [-0.25, -0.2) is 9.97 Å². The average molecular weight is 479 g/mol. The maximum Gasteiger partial charge on any atom is 0.252 e. The standard InChI is InChI=1S/C26H34N6OS/c1-16-13-29-26(28-10-5-11-32-17(2)14-27-15-18(32)3)31-24(16)23-12-21-20(6-4-7-22(21)34-23)25(33)30-19-8-9-19/h4,6-7,12-13,17-19,27H,5,8-11,14-15H2,1-3H3,(H,30,33)(H,28,29,31). The number of nitrogens with one attached hydrogen (secondary N) is 3. The van der Waals surface area contributed by atoms with Gasteiger partial charge in [0.05, 0.1) is 10.6 Å². The summed E-state index contributed by atoms with van der Waals surface area (Å²) in [6, 6.07) is 9.53. The van der Waals surface area contributed by atoms with Gasteiger partial charge in [-0.3, -0.25) is 9.69 Å². The lowest BCUT2D eigenvalue weighted by molar-refractivity contribution is 0.0952. The Bertz CT molecular complexity index is 1160. The first kappa shape index (κ1) is 23.2. The lowest BCUT2D eigenvalue weighted by Gasteiger charge is -2.39. The van der Waals surface area contributed by atoms with Gasteiger partial charge in [-0.15, -0.1) is 11.3 Å². The molecule has 3 N–H and O–H groups in total. The smallest absolute Gasteiger partial charge is 0.252 e. The number of fused-ring (bicyclic) bond motifs is 1. The number of carbonyl (C=O) groups excluding carboxylic acids is 1. The number of piperazine rings is 1. The van der Waals surface area contributed by atoms with Gasteiger partial charge in [-0.1, -0.05) is 6.07 Å². The van der Waals surface area contributed by atoms with Crippen LogP contribution < -0.4 is 16.0 Å². The van der Waals surface area contributed by atoms with Gasteiger partial charge < -0.3 is 16.0 Å². The molecule has 2 aliphatic rings. The third-order valence-electron chi connectivity index (χ3n) is 6.81. The van der Waals surface area contributed by atoms with E-state index in [1.807, 2.05) is 25.3 Å². The molecule has 1 saturated heterocycles. The van der Waals surface area contributed by atoms with E-state index in [0.29, 0.717) is 24.1 Å². The largest absolute Gasteiger partial charge is 0.354 e. The van der Waals surface area contributed by atoms with E-state index >= 15 is 0 Å². The van der Waals surface area contributed by atoms with E-state index in [1.165, 1.54) is 0 Å². The Kier molecular flexibility index (Phi) is 6.81. The minimum Gasteiger partial charge on any atom is -0.354 e. The number of aromatic nitrogens is 2. The van der Waals surface area contributed by atoms with Gasteiger partial charge in [0.1, 0.15) is 0 Å². The second-order valence-electron chi connectivity index (χ2n) is 9.68. The topological polar surface area (TPSA) is 82.2 Å². The van der Waals surface area contributed by atoms with Gasteiger partial charge in [0, 0.05) is 66.2 Å². The molecule has 5 rings (SSSR count). The van der Waals surface area contributed by atoms with Crippen molar-refractivity contribution in [3.63, 3.8) is 0 Å². The molecule has 34 heavy (non-hydrogen) atoms. The molecule has 1 amide bonds. The van der Waals surface area contributed by atoms with Crippen LogP contribution in [-0.4, -0.2) is 65.1 Å². The molecule has 3 aromatic rings. The van der Waals surface area contributed by atoms with Gasteiger partial charge in [0.15, 0.2) is 0 Å². The molecule has 3 heterocycles. The van der Waals surface area contributed by atoms with Crippen molar-refractivity contribution in [1.29, 1.82) is 0 Å². The quantitative estimate of drug-likeness (QED) is 0.424. The van der Waals surface area contributed by atoms with Gasteiger partial charge in [0.2, 0.25) is 5.95 Å². The lowest BCUT2D eigenvalue weighted by atomic mass is 10.1. The molecule has 2 fully saturated rings. The number of amides is 1. The summed E-state index contributed by atoms with van der Waals surface area (Å²) in [4.78, 5) is 25.7. The fraction of sp³-hybridized carbons (Fsp3) is 0.500. The molecule has 0 spiro atoms. The molecule has 2 atom stereocenters. The SMILES string of the molecule is Cc1cnc(NCCCN2C(C)CNCC2C)nc1-c1cc2c(C(=O)NC3CC3)cccc2s1. The Morgan fingerprint density at radius 3 is 2.79 bits per heavy atom. The van der Waals surface area contributed by atoms with Crippen LogP contribution in [0.2, 0.25) is 0 Å². The molecule has 1 aliphatic heterocycles. The minimum absolute atomic E-state index is 0.0207. The minimum atomic E-state index is 0.0207. The van der Waals surface area contributed by atoms with Crippen molar-refractivity contribution in [2.24, 2.45) is 0 Å². The van der Waals surface area contributed by atoms with Crippen LogP contribution in [0, 0.1) is 6.92 Å². The predicted octanol–water partition coefficient (Wildman–Crippen LogP) is 4.04. The number of aryl methyl sites for hydroxylation is 1. The second-order valence-corrected chi connectivity index (χ2v) is 10.8. The second kappa shape index (κ2) is 9.98. The summed E-state index contributed by atoms with van der Waals surface area (Å²) >= 11 is 1.68. The van der Waals surface area contributed by atoms with Crippen LogP contribution >= 0.6 is 11.3 Å². The van der Waals surface area contributed by atoms with Crippen molar-refractivity contribution < 1.29 is 4.79 Å². The zero-order chi connectivity index (χ0) is 23.7. The highest BCUT2D eigenvalue weighted by atomic mass is 32.1. The Hall–Kier alpha value is -2.55. The van der Waals surface area contributed by atoms with E-state index in [4.69, 9.17) is 4.98 Å². The summed E-state index contributed by atoms with van der Waals surface area (Å²) in [6.07, 6.45) is 5.10. The highest BCUT2D eigenvalue weighted by Crippen LogP contribution is 2.36. The molecular weight excluding hydrogens is 444 g/mol. The number of anilines is 1. The van der Waals surface area contributed by atoms with E-state index in [-0.39, 0.29) is 5.91 Å². The lowest BCUT2D eigenvalue weighted by Crippen LogP contribution is -2.55. The number of thiophene rings is 1. The highest BCUT2D eigenvalue weighted by molar-refractivity contribution is 7.22. The first-order valence-electron chi connectivity index (χ1n) is 12.4. The number of hydrogen-bond donors (Lipinski definition) is 3. The first-order chi connectivity index (χ1) is 16.5. The van der Waals surface area contributed by atoms with Gasteiger partial charge >= 0.3 is 0 Å². The molecule has 1 saturated carbocycles. The average Bonchev–Trinajstić information content (AvgIpc) is 3.53. The summed E-state index contributed by atoms with van der Waals surface area (Å²) in [5.74, 6) is 0.679. The van der Waals surface area contributed by atoms with Gasteiger partial charge in [-0.2, -0.15) is 0 Å². The van der Waals surface area contributed by atoms with Crippen LogP contribution in [0.25, 0.3) is 20.7 Å². The maximum absolute atomic E-state index is 12.7. The van der Waals surface area contributed by atoms with Crippen molar-refractivity contribution in [1.82, 2.24) is 25.5 Å². The molecule has 2 unspecified atom stereocenters. The monoisotopic (exact) mass is 478 g/mol. The van der Waals surface area contributed by atoms with E-state index < -0.39 is 0 Å². The van der Waals surface area contributed by atoms with Crippen molar-refractivity contribution in [3.05, 3.63) is 41.6 Å². The van der Waals surface area contributed by atoms with Crippen molar-refractivity contribution in [2.45, 2.75) is 58.2 Å². The molecule has 2 aromatic heterocycles. The molecule has 1 aliphatic carbocycles. The number of nitrogens with zero attached hydrogens (tertiary/aromatic N) is 3. The molecule has 0 bridgehead atoms. The summed E-state index contributed by atoms with van der Waals surface area (Å²) < 4.78 is 1.10. The molecule has 8 heteroatoms. The van der Waals surface area contributed by atoms with E-state index in [9.17, 15) is 4.79 Å². The molecule has 1 aromatic carbocycles. The Balaban J connectivity index is 1.28. The number of rotatable bonds is 8. The van der Waals surface area contributed by atoms with Crippen LogP contribution in [-0.2, 0) is 0 Å². The summed E-state index contributed by atoms with van der Waals surface area (Å²) in [6.45, 7) is 10.6. The molecular formula is C26H34N6OS. The Morgan fingerprint density at radius 1 is 1.24 bits per heavy atom. The summed E-state index contributed by atoms with van der Waals surface area (Å²) in [7, 11) is 0. The Morgan fingerprint density at radius 2 is 2.03 bits per heavy atom. The summed E-state index contributed by atoms with van der Waals surface area (Å²) in [5.41, 5.74) is 2.70. The van der Waals surface area contributed by atoms with Crippen LogP contribution in [0.3, 0.4) is 0 Å². The van der Waals surface area contributed by atoms with Gasteiger partial charge in [-0.05, 0) is 63.8 Å². The third kappa shape index (κ3) is 5.09. The zero-order valence-electron chi connectivity index (χ0n) is 20.2. The molecule has 180 valence electrons. The molecule has 0 radical (unpaired) electrons. The number of carbonyl (C=O) groups is 1. The van der Waals surface area contributed by atoms with Crippen LogP contribution in [0.1, 0.15) is 49.0 Å². The van der Waals surface area contributed by atoms with Crippen molar-refractivity contribution >= 4 is 33.3 Å². The first-order valence-corrected chi connectivity index (χ1v) is 13.2. The number of benzene rings is 1. The van der Waals surface area contributed by atoms with Crippen molar-refractivity contribution in [3.8, 4) is 10.6 Å².